The molecular formula is C17H21N3O5. The molecule has 8 nitrogen and oxygen atoms in total. The summed E-state index contributed by atoms with van der Waals surface area (Å²) in [5.74, 6) is -1.50. The van der Waals surface area contributed by atoms with Crippen molar-refractivity contribution in [3.05, 3.63) is 29.8 Å². The van der Waals surface area contributed by atoms with Gasteiger partial charge in [0.15, 0.2) is 6.10 Å². The number of benzene rings is 1. The highest BCUT2D eigenvalue weighted by Gasteiger charge is 2.40. The Morgan fingerprint density at radius 3 is 2.40 bits per heavy atom. The number of hydrogen-bond acceptors (Lipinski definition) is 5. The Bertz CT molecular complexity index is 667. The summed E-state index contributed by atoms with van der Waals surface area (Å²) in [4.78, 5) is 38.7. The largest absolute Gasteiger partial charge is 0.481 e. The van der Waals surface area contributed by atoms with E-state index in [-0.39, 0.29) is 12.5 Å². The van der Waals surface area contributed by atoms with Gasteiger partial charge in [0.25, 0.3) is 5.91 Å². The topological polar surface area (TPSA) is 113 Å². The minimum absolute atomic E-state index is 0.151. The summed E-state index contributed by atoms with van der Waals surface area (Å²) in [6.07, 6.45) is -0.569. The summed E-state index contributed by atoms with van der Waals surface area (Å²) >= 11 is 0. The maximum Gasteiger partial charge on any atom is 0.415 e. The van der Waals surface area contributed by atoms with E-state index in [4.69, 9.17) is 15.6 Å². The van der Waals surface area contributed by atoms with Crippen molar-refractivity contribution in [2.75, 3.05) is 24.5 Å². The van der Waals surface area contributed by atoms with Crippen molar-refractivity contribution in [3.8, 4) is 0 Å². The number of amides is 2. The van der Waals surface area contributed by atoms with Gasteiger partial charge in [-0.2, -0.15) is 0 Å². The van der Waals surface area contributed by atoms with Crippen LogP contribution in [0.1, 0.15) is 18.4 Å². The molecule has 1 aromatic rings. The predicted octanol–water partition coefficient (Wildman–Crippen LogP) is 0.794. The van der Waals surface area contributed by atoms with Crippen LogP contribution in [-0.2, 0) is 20.9 Å². The average molecular weight is 347 g/mol. The van der Waals surface area contributed by atoms with E-state index >= 15 is 0 Å². The second-order valence-corrected chi connectivity index (χ2v) is 6.29. The van der Waals surface area contributed by atoms with Crippen LogP contribution in [0.4, 0.5) is 10.5 Å². The van der Waals surface area contributed by atoms with Crippen LogP contribution in [0.5, 0.6) is 0 Å². The fourth-order valence-corrected chi connectivity index (χ4v) is 3.16. The number of anilines is 1. The van der Waals surface area contributed by atoms with Crippen molar-refractivity contribution in [1.29, 1.82) is 0 Å². The van der Waals surface area contributed by atoms with Gasteiger partial charge >= 0.3 is 12.1 Å². The molecule has 8 heteroatoms. The Kier molecular flexibility index (Phi) is 4.89. The smallest absolute Gasteiger partial charge is 0.415 e. The lowest BCUT2D eigenvalue weighted by Gasteiger charge is -2.31. The van der Waals surface area contributed by atoms with E-state index in [1.165, 1.54) is 4.90 Å². The summed E-state index contributed by atoms with van der Waals surface area (Å²) < 4.78 is 5.23. The van der Waals surface area contributed by atoms with Gasteiger partial charge in [-0.15, -0.1) is 0 Å². The van der Waals surface area contributed by atoms with E-state index in [2.05, 4.69) is 0 Å². The SMILES string of the molecule is NCc1ccc(N2CC(C(=O)N3CCC(C(=O)O)CC3)OC2=O)cc1. The van der Waals surface area contributed by atoms with Gasteiger partial charge in [0.05, 0.1) is 12.5 Å². The highest BCUT2D eigenvalue weighted by Crippen LogP contribution is 2.24. The van der Waals surface area contributed by atoms with Crippen molar-refractivity contribution >= 4 is 23.7 Å². The molecule has 1 unspecified atom stereocenters. The number of carbonyl (C=O) groups is 3. The third-order valence-electron chi connectivity index (χ3n) is 4.73. The minimum Gasteiger partial charge on any atom is -0.481 e. The molecular weight excluding hydrogens is 326 g/mol. The molecule has 2 amide bonds. The van der Waals surface area contributed by atoms with Gasteiger partial charge in [0, 0.05) is 25.3 Å². The lowest BCUT2D eigenvalue weighted by atomic mass is 9.97. The molecule has 2 saturated heterocycles. The van der Waals surface area contributed by atoms with Gasteiger partial charge in [-0.3, -0.25) is 14.5 Å². The first-order valence-corrected chi connectivity index (χ1v) is 8.28. The quantitative estimate of drug-likeness (QED) is 0.833. The summed E-state index contributed by atoms with van der Waals surface area (Å²) in [5.41, 5.74) is 7.17. The number of carboxylic acids is 1. The first-order chi connectivity index (χ1) is 12.0. The molecule has 0 aliphatic carbocycles. The van der Waals surface area contributed by atoms with Crippen molar-refractivity contribution in [3.63, 3.8) is 0 Å². The number of carboxylic acid groups (broad SMARTS) is 1. The van der Waals surface area contributed by atoms with Crippen LogP contribution in [-0.4, -0.2) is 53.7 Å². The zero-order valence-corrected chi connectivity index (χ0v) is 13.8. The predicted molar refractivity (Wildman–Crippen MR) is 88.9 cm³/mol. The maximum absolute atomic E-state index is 12.6. The van der Waals surface area contributed by atoms with Crippen LogP contribution < -0.4 is 10.6 Å². The Labute approximate surface area is 145 Å². The summed E-state index contributed by atoms with van der Waals surface area (Å²) in [6.45, 7) is 1.31. The minimum atomic E-state index is -0.858. The van der Waals surface area contributed by atoms with Crippen LogP contribution in [0.25, 0.3) is 0 Å². The average Bonchev–Trinajstić information content (AvgIpc) is 3.03. The van der Waals surface area contributed by atoms with Crippen molar-refractivity contribution in [2.24, 2.45) is 11.7 Å². The number of nitrogens with zero attached hydrogens (tertiary/aromatic N) is 2. The third kappa shape index (κ3) is 3.58. The van der Waals surface area contributed by atoms with E-state index in [0.717, 1.165) is 5.56 Å². The number of rotatable bonds is 4. The molecule has 25 heavy (non-hydrogen) atoms. The molecule has 0 bridgehead atoms. The van der Waals surface area contributed by atoms with E-state index in [9.17, 15) is 14.4 Å². The zero-order chi connectivity index (χ0) is 18.0. The van der Waals surface area contributed by atoms with Crippen LogP contribution in [0, 0.1) is 5.92 Å². The number of ether oxygens (including phenoxy) is 1. The Balaban J connectivity index is 1.62. The molecule has 3 N–H and O–H groups in total. The van der Waals surface area contributed by atoms with E-state index < -0.39 is 24.1 Å². The van der Waals surface area contributed by atoms with Gasteiger partial charge in [-0.05, 0) is 30.5 Å². The molecule has 2 fully saturated rings. The normalized spacial score (nSPS) is 21.3. The van der Waals surface area contributed by atoms with Crippen LogP contribution in [0.2, 0.25) is 0 Å². The Hall–Kier alpha value is -2.61. The lowest BCUT2D eigenvalue weighted by molar-refractivity contribution is -0.147. The van der Waals surface area contributed by atoms with Gasteiger partial charge < -0.3 is 20.5 Å². The standard InChI is InChI=1S/C17H21N3O5/c18-9-11-1-3-13(4-2-11)20-10-14(25-17(20)24)15(21)19-7-5-12(6-8-19)16(22)23/h1-4,12,14H,5-10,18H2,(H,22,23). The van der Waals surface area contributed by atoms with Gasteiger partial charge in [-0.1, -0.05) is 12.1 Å². The molecule has 0 aromatic heterocycles. The van der Waals surface area contributed by atoms with Crippen LogP contribution in [0.3, 0.4) is 0 Å². The van der Waals surface area contributed by atoms with Crippen molar-refractivity contribution in [1.82, 2.24) is 4.90 Å². The number of carbonyl (C=O) groups excluding carboxylic acids is 2. The van der Waals surface area contributed by atoms with E-state index in [1.54, 1.807) is 17.0 Å². The fraction of sp³-hybridized carbons (Fsp3) is 0.471. The first kappa shape index (κ1) is 17.2. The molecule has 2 heterocycles. The fourth-order valence-electron chi connectivity index (χ4n) is 3.16. The van der Waals surface area contributed by atoms with Gasteiger partial charge in [0.2, 0.25) is 0 Å². The number of cyclic esters (lactones) is 1. The molecule has 2 aliphatic heterocycles. The molecule has 0 spiro atoms. The molecule has 134 valence electrons. The Morgan fingerprint density at radius 1 is 1.20 bits per heavy atom. The van der Waals surface area contributed by atoms with E-state index in [0.29, 0.717) is 38.2 Å². The molecule has 3 rings (SSSR count). The summed E-state index contributed by atoms with van der Waals surface area (Å²) in [5, 5.41) is 9.02. The number of likely N-dealkylation sites (tertiary alicyclic amines) is 1. The molecule has 0 radical (unpaired) electrons. The number of piperidine rings is 1. The number of aliphatic carboxylic acids is 1. The van der Waals surface area contributed by atoms with Gasteiger partial charge in [0.1, 0.15) is 0 Å². The van der Waals surface area contributed by atoms with Crippen molar-refractivity contribution in [2.45, 2.75) is 25.5 Å². The second kappa shape index (κ2) is 7.10. The molecule has 1 aromatic carbocycles. The van der Waals surface area contributed by atoms with Gasteiger partial charge in [-0.25, -0.2) is 4.79 Å². The summed E-state index contributed by atoms with van der Waals surface area (Å²) in [6, 6.07) is 7.20. The maximum atomic E-state index is 12.6. The molecule has 2 aliphatic rings. The number of nitrogens with two attached hydrogens (primary N) is 1. The second-order valence-electron chi connectivity index (χ2n) is 6.29. The lowest BCUT2D eigenvalue weighted by Crippen LogP contribution is -2.46. The highest BCUT2D eigenvalue weighted by molar-refractivity contribution is 5.95. The van der Waals surface area contributed by atoms with Crippen molar-refractivity contribution < 1.29 is 24.2 Å². The Morgan fingerprint density at radius 2 is 1.84 bits per heavy atom. The monoisotopic (exact) mass is 347 g/mol. The van der Waals surface area contributed by atoms with Crippen LogP contribution >= 0.6 is 0 Å². The highest BCUT2D eigenvalue weighted by atomic mass is 16.6. The first-order valence-electron chi connectivity index (χ1n) is 8.28. The van der Waals surface area contributed by atoms with Crippen LogP contribution in [0.15, 0.2) is 24.3 Å². The zero-order valence-electron chi connectivity index (χ0n) is 13.8. The third-order valence-corrected chi connectivity index (χ3v) is 4.73. The number of hydrogen-bond donors (Lipinski definition) is 2. The molecule has 1 atom stereocenters. The van der Waals surface area contributed by atoms with E-state index in [1.807, 2.05) is 12.1 Å². The molecule has 0 saturated carbocycles. The summed E-state index contributed by atoms with van der Waals surface area (Å²) in [7, 11) is 0.